The van der Waals surface area contributed by atoms with Gasteiger partial charge in [-0.15, -0.1) is 0 Å². The first-order chi connectivity index (χ1) is 7.79. The second kappa shape index (κ2) is 4.02. The molecule has 88 valence electrons. The summed E-state index contributed by atoms with van der Waals surface area (Å²) in [6.45, 7) is 3.37. The highest BCUT2D eigenvalue weighted by Crippen LogP contribution is 2.49. The number of aromatic nitrogens is 2. The highest BCUT2D eigenvalue weighted by molar-refractivity contribution is 7.71. The Kier molecular flexibility index (Phi) is 2.66. The lowest BCUT2D eigenvalue weighted by Crippen LogP contribution is -2.16. The maximum atomic E-state index is 5.38. The number of hydrogen-bond donors (Lipinski definition) is 1. The average Bonchev–Trinajstić information content (AvgIpc) is 3.15. The van der Waals surface area contributed by atoms with Gasteiger partial charge in [0.2, 0.25) is 0 Å². The van der Waals surface area contributed by atoms with Gasteiger partial charge in [0.05, 0.1) is 0 Å². The number of aryl methyl sites for hydroxylation is 1. The molecule has 1 aromatic heterocycles. The molecule has 2 aliphatic rings. The predicted molar refractivity (Wildman–Crippen MR) is 67.9 cm³/mol. The van der Waals surface area contributed by atoms with E-state index in [0.717, 1.165) is 28.9 Å². The Bertz CT molecular complexity index is 411. The normalized spacial score (nSPS) is 20.6. The van der Waals surface area contributed by atoms with Gasteiger partial charge in [-0.2, -0.15) is 0 Å². The van der Waals surface area contributed by atoms with E-state index >= 15 is 0 Å². The molecule has 0 atom stereocenters. The molecule has 0 saturated heterocycles. The van der Waals surface area contributed by atoms with E-state index in [1.54, 1.807) is 0 Å². The predicted octanol–water partition coefficient (Wildman–Crippen LogP) is 3.54. The summed E-state index contributed by atoms with van der Waals surface area (Å²) in [5.41, 5.74) is 1.37. The van der Waals surface area contributed by atoms with E-state index in [1.165, 1.54) is 37.9 Å². The molecule has 16 heavy (non-hydrogen) atoms. The van der Waals surface area contributed by atoms with Crippen LogP contribution in [0.3, 0.4) is 0 Å². The van der Waals surface area contributed by atoms with Crippen LogP contribution in [0.5, 0.6) is 0 Å². The Morgan fingerprint density at radius 3 is 2.50 bits per heavy atom. The van der Waals surface area contributed by atoms with Gasteiger partial charge in [0, 0.05) is 18.4 Å². The molecule has 2 nitrogen and oxygen atoms in total. The quantitative estimate of drug-likeness (QED) is 0.775. The van der Waals surface area contributed by atoms with Gasteiger partial charge < -0.3 is 9.55 Å². The van der Waals surface area contributed by atoms with Crippen LogP contribution >= 0.6 is 12.2 Å². The second-order valence-corrected chi connectivity index (χ2v) is 5.77. The molecule has 0 spiro atoms. The summed E-state index contributed by atoms with van der Waals surface area (Å²) in [6.07, 6.45) is 9.00. The molecule has 0 amide bonds. The molecule has 1 N–H and O–H groups in total. The van der Waals surface area contributed by atoms with E-state index in [1.807, 2.05) is 0 Å². The summed E-state index contributed by atoms with van der Waals surface area (Å²) in [6, 6.07) is 0. The van der Waals surface area contributed by atoms with Crippen LogP contribution in [0, 0.1) is 22.5 Å². The van der Waals surface area contributed by atoms with E-state index < -0.39 is 0 Å². The zero-order chi connectivity index (χ0) is 11.1. The summed E-state index contributed by atoms with van der Waals surface area (Å²) in [4.78, 5) is 3.19. The third-order valence-corrected chi connectivity index (χ3v) is 4.50. The first-order valence-electron chi connectivity index (χ1n) is 6.56. The number of H-pyrrole nitrogens is 1. The van der Waals surface area contributed by atoms with Gasteiger partial charge in [0.1, 0.15) is 0 Å². The summed E-state index contributed by atoms with van der Waals surface area (Å²) in [5, 5.41) is 0. The third kappa shape index (κ3) is 1.97. The SMILES string of the molecule is CCc1c[nH]c(=S)n1CC(C1CC1)C1CC1. The highest BCUT2D eigenvalue weighted by atomic mass is 32.1. The number of imidazole rings is 1. The molecule has 0 unspecified atom stereocenters. The van der Waals surface area contributed by atoms with Crippen molar-refractivity contribution in [3.8, 4) is 0 Å². The molecule has 2 saturated carbocycles. The van der Waals surface area contributed by atoms with Gasteiger partial charge in [-0.25, -0.2) is 0 Å². The van der Waals surface area contributed by atoms with Gasteiger partial charge in [0.25, 0.3) is 0 Å². The van der Waals surface area contributed by atoms with Gasteiger partial charge in [-0.3, -0.25) is 0 Å². The van der Waals surface area contributed by atoms with Crippen molar-refractivity contribution in [2.24, 2.45) is 17.8 Å². The monoisotopic (exact) mass is 236 g/mol. The Morgan fingerprint density at radius 1 is 1.38 bits per heavy atom. The zero-order valence-electron chi connectivity index (χ0n) is 9.91. The van der Waals surface area contributed by atoms with E-state index in [-0.39, 0.29) is 0 Å². The van der Waals surface area contributed by atoms with E-state index in [0.29, 0.717) is 0 Å². The van der Waals surface area contributed by atoms with Gasteiger partial charge in [0.15, 0.2) is 4.77 Å². The van der Waals surface area contributed by atoms with Crippen LogP contribution in [0.4, 0.5) is 0 Å². The molecule has 1 aromatic rings. The number of hydrogen-bond acceptors (Lipinski definition) is 1. The lowest BCUT2D eigenvalue weighted by molar-refractivity contribution is 0.343. The van der Waals surface area contributed by atoms with Crippen molar-refractivity contribution in [2.45, 2.75) is 45.6 Å². The minimum absolute atomic E-state index is 0.910. The molecule has 0 radical (unpaired) electrons. The summed E-state index contributed by atoms with van der Waals surface area (Å²) < 4.78 is 3.26. The van der Waals surface area contributed by atoms with Gasteiger partial charge >= 0.3 is 0 Å². The minimum Gasteiger partial charge on any atom is -0.337 e. The highest BCUT2D eigenvalue weighted by Gasteiger charge is 2.41. The molecular formula is C13H20N2S. The largest absolute Gasteiger partial charge is 0.337 e. The topological polar surface area (TPSA) is 20.7 Å². The molecular weight excluding hydrogens is 216 g/mol. The summed E-state index contributed by atoms with van der Waals surface area (Å²) >= 11 is 5.38. The van der Waals surface area contributed by atoms with Crippen LogP contribution in [-0.4, -0.2) is 9.55 Å². The fraction of sp³-hybridized carbons (Fsp3) is 0.769. The maximum absolute atomic E-state index is 5.38. The van der Waals surface area contributed by atoms with Crippen LogP contribution in [0.2, 0.25) is 0 Å². The van der Waals surface area contributed by atoms with Gasteiger partial charge in [-0.05, 0) is 62.1 Å². The third-order valence-electron chi connectivity index (χ3n) is 4.16. The Morgan fingerprint density at radius 2 is 2.00 bits per heavy atom. The van der Waals surface area contributed by atoms with Crippen molar-refractivity contribution in [3.63, 3.8) is 0 Å². The van der Waals surface area contributed by atoms with Crippen LogP contribution in [0.1, 0.15) is 38.3 Å². The summed E-state index contributed by atoms with van der Waals surface area (Å²) in [5.74, 6) is 2.93. The molecule has 2 fully saturated rings. The Balaban J connectivity index is 1.80. The number of aromatic amines is 1. The molecule has 1 heterocycles. The molecule has 0 aliphatic heterocycles. The van der Waals surface area contributed by atoms with Crippen LogP contribution in [0.15, 0.2) is 6.20 Å². The molecule has 0 bridgehead atoms. The molecule has 2 aliphatic carbocycles. The molecule has 3 heteroatoms. The van der Waals surface area contributed by atoms with Crippen molar-refractivity contribution >= 4 is 12.2 Å². The fourth-order valence-electron chi connectivity index (χ4n) is 2.87. The second-order valence-electron chi connectivity index (χ2n) is 5.39. The van der Waals surface area contributed by atoms with E-state index in [4.69, 9.17) is 12.2 Å². The van der Waals surface area contributed by atoms with Crippen molar-refractivity contribution in [2.75, 3.05) is 0 Å². The van der Waals surface area contributed by atoms with Crippen molar-refractivity contribution < 1.29 is 0 Å². The van der Waals surface area contributed by atoms with Crippen molar-refractivity contribution in [1.82, 2.24) is 9.55 Å². The first kappa shape index (κ1) is 10.6. The van der Waals surface area contributed by atoms with Gasteiger partial charge in [-0.1, -0.05) is 6.92 Å². The van der Waals surface area contributed by atoms with Crippen molar-refractivity contribution in [3.05, 3.63) is 16.7 Å². The van der Waals surface area contributed by atoms with Crippen LogP contribution < -0.4 is 0 Å². The fourth-order valence-corrected chi connectivity index (χ4v) is 3.12. The maximum Gasteiger partial charge on any atom is 0.177 e. The van der Waals surface area contributed by atoms with E-state index in [9.17, 15) is 0 Å². The average molecular weight is 236 g/mol. The van der Waals surface area contributed by atoms with E-state index in [2.05, 4.69) is 22.7 Å². The van der Waals surface area contributed by atoms with Crippen LogP contribution in [-0.2, 0) is 13.0 Å². The Labute approximate surface area is 102 Å². The lowest BCUT2D eigenvalue weighted by atomic mass is 9.98. The van der Waals surface area contributed by atoms with Crippen molar-refractivity contribution in [1.29, 1.82) is 0 Å². The smallest absolute Gasteiger partial charge is 0.177 e. The first-order valence-corrected chi connectivity index (χ1v) is 6.97. The number of nitrogens with zero attached hydrogens (tertiary/aromatic N) is 1. The molecule has 0 aromatic carbocycles. The molecule has 3 rings (SSSR count). The standard InChI is InChI=1S/C13H20N2S/c1-2-11-7-14-13(16)15(11)8-12(9-3-4-9)10-5-6-10/h7,9-10,12H,2-6,8H2,1H3,(H,14,16). The zero-order valence-corrected chi connectivity index (χ0v) is 10.7. The lowest BCUT2D eigenvalue weighted by Gasteiger charge is -2.17. The Hall–Kier alpha value is -0.570. The summed E-state index contributed by atoms with van der Waals surface area (Å²) in [7, 11) is 0. The minimum atomic E-state index is 0.910. The number of rotatable bonds is 5. The number of nitrogens with one attached hydrogen (secondary N) is 1. The van der Waals surface area contributed by atoms with Crippen LogP contribution in [0.25, 0.3) is 0 Å².